The summed E-state index contributed by atoms with van der Waals surface area (Å²) in [5.41, 5.74) is 3.09. The highest BCUT2D eigenvalue weighted by molar-refractivity contribution is 5.86. The fraction of sp³-hybridized carbons (Fsp3) is 0.765. The number of fused-ring (bicyclic) bond motifs is 7. The Kier molecular flexibility index (Phi) is 6.00. The quantitative estimate of drug-likeness (QED) is 0.381. The van der Waals surface area contributed by atoms with Crippen LogP contribution in [-0.4, -0.2) is 27.9 Å². The van der Waals surface area contributed by atoms with Crippen molar-refractivity contribution < 1.29 is 19.5 Å². The van der Waals surface area contributed by atoms with E-state index in [2.05, 4.69) is 59.4 Å². The third-order valence-electron chi connectivity index (χ3n) is 14.1. The molecule has 5 aliphatic rings. The van der Waals surface area contributed by atoms with Gasteiger partial charge in [0, 0.05) is 12.7 Å². The van der Waals surface area contributed by atoms with Crippen LogP contribution in [0, 0.1) is 56.7 Å². The summed E-state index contributed by atoms with van der Waals surface area (Å²) in [6.07, 6.45) is 13.0. The number of carboxylic acids is 1. The summed E-state index contributed by atoms with van der Waals surface area (Å²) < 4.78 is 5.59. The molecule has 39 heavy (non-hydrogen) atoms. The molecule has 0 saturated heterocycles. The minimum Gasteiger partial charge on any atom is -0.476 e. The Morgan fingerprint density at radius 1 is 1.03 bits per heavy atom. The molecule has 2 N–H and O–H groups in total. The van der Waals surface area contributed by atoms with Gasteiger partial charge in [0.05, 0.1) is 0 Å². The lowest BCUT2D eigenvalue weighted by atomic mass is 9.32. The lowest BCUT2D eigenvalue weighted by Gasteiger charge is -2.72. The first-order valence-corrected chi connectivity index (χ1v) is 15.4. The molecule has 0 aromatic carbocycles. The number of hydrogen-bond donors (Lipinski definition) is 2. The number of hydrogen-bond acceptors (Lipinski definition) is 4. The molecule has 5 nitrogen and oxygen atoms in total. The smallest absolute Gasteiger partial charge is 0.358 e. The van der Waals surface area contributed by atoms with Crippen LogP contribution >= 0.6 is 0 Å². The molecule has 0 spiro atoms. The number of nitrogens with zero attached hydrogens (tertiary/aromatic N) is 1. The average molecular weight is 536 g/mol. The van der Waals surface area contributed by atoms with E-state index < -0.39 is 5.97 Å². The van der Waals surface area contributed by atoms with Gasteiger partial charge in [-0.05, 0) is 127 Å². The van der Waals surface area contributed by atoms with Crippen molar-refractivity contribution in [3.05, 3.63) is 35.7 Å². The average Bonchev–Trinajstić information content (AvgIpc) is 3.50. The maximum Gasteiger partial charge on any atom is 0.358 e. The molecule has 5 heteroatoms. The van der Waals surface area contributed by atoms with E-state index >= 15 is 0 Å². The van der Waals surface area contributed by atoms with Crippen LogP contribution < -0.4 is 0 Å². The lowest BCUT2D eigenvalue weighted by Crippen LogP contribution is -2.65. The van der Waals surface area contributed by atoms with Crippen molar-refractivity contribution >= 4 is 11.5 Å². The van der Waals surface area contributed by atoms with Gasteiger partial charge in [0.25, 0.3) is 0 Å². The maximum absolute atomic E-state index is 11.5. The summed E-state index contributed by atoms with van der Waals surface area (Å²) in [4.78, 5) is 11.5. The van der Waals surface area contributed by atoms with E-state index in [1.807, 2.05) is 0 Å². The van der Waals surface area contributed by atoms with Crippen LogP contribution in [0.15, 0.2) is 28.8 Å². The largest absolute Gasteiger partial charge is 0.476 e. The van der Waals surface area contributed by atoms with Crippen molar-refractivity contribution in [2.75, 3.05) is 6.61 Å². The molecular weight excluding hydrogens is 486 g/mol. The third-order valence-corrected chi connectivity index (χ3v) is 14.1. The second-order valence-electron chi connectivity index (χ2n) is 15.6. The fourth-order valence-corrected chi connectivity index (χ4v) is 12.1. The lowest BCUT2D eigenvalue weighted by molar-refractivity contribution is -0.228. The van der Waals surface area contributed by atoms with Gasteiger partial charge in [-0.2, -0.15) is 0 Å². The summed E-state index contributed by atoms with van der Waals surface area (Å²) >= 11 is 0. The highest BCUT2D eigenvalue weighted by Gasteiger charge is 2.70. The molecule has 1 aromatic rings. The number of carboxylic acid groups (broad SMARTS) is 1. The topological polar surface area (TPSA) is 83.6 Å². The van der Waals surface area contributed by atoms with Crippen LogP contribution in [0.1, 0.15) is 116 Å². The van der Waals surface area contributed by atoms with E-state index in [1.165, 1.54) is 44.1 Å². The van der Waals surface area contributed by atoms with Crippen molar-refractivity contribution in [2.45, 2.75) is 99.3 Å². The molecule has 4 fully saturated rings. The molecule has 0 bridgehead atoms. The van der Waals surface area contributed by atoms with Gasteiger partial charge in [-0.25, -0.2) is 4.79 Å². The van der Waals surface area contributed by atoms with E-state index in [-0.39, 0.29) is 32.8 Å². The van der Waals surface area contributed by atoms with Gasteiger partial charge < -0.3 is 14.7 Å². The number of rotatable bonds is 4. The molecule has 0 aliphatic heterocycles. The number of aromatic nitrogens is 1. The Balaban J connectivity index is 1.37. The Labute approximate surface area is 234 Å². The Morgan fingerprint density at radius 2 is 1.77 bits per heavy atom. The molecule has 214 valence electrons. The van der Waals surface area contributed by atoms with Crippen LogP contribution in [0.25, 0.3) is 5.57 Å². The van der Waals surface area contributed by atoms with Gasteiger partial charge in [-0.1, -0.05) is 58.0 Å². The molecule has 9 atom stereocenters. The monoisotopic (exact) mass is 535 g/mol. The zero-order valence-corrected chi connectivity index (χ0v) is 25.0. The summed E-state index contributed by atoms with van der Waals surface area (Å²) in [6, 6.07) is 1.60. The summed E-state index contributed by atoms with van der Waals surface area (Å²) in [6.45, 7) is 19.5. The van der Waals surface area contributed by atoms with E-state index in [9.17, 15) is 15.0 Å². The second kappa shape index (κ2) is 8.57. The zero-order valence-electron chi connectivity index (χ0n) is 25.0. The molecule has 0 amide bonds. The molecule has 5 aliphatic carbocycles. The summed E-state index contributed by atoms with van der Waals surface area (Å²) in [7, 11) is 0. The molecule has 1 unspecified atom stereocenters. The van der Waals surface area contributed by atoms with Gasteiger partial charge >= 0.3 is 5.97 Å². The first-order chi connectivity index (χ1) is 18.2. The van der Waals surface area contributed by atoms with E-state index in [1.54, 1.807) is 6.07 Å². The second-order valence-corrected chi connectivity index (χ2v) is 15.6. The third kappa shape index (κ3) is 3.41. The van der Waals surface area contributed by atoms with Crippen LogP contribution in [-0.2, 0) is 0 Å². The number of allylic oxidation sites excluding steroid dienone is 3. The first-order valence-electron chi connectivity index (χ1n) is 15.4. The number of aromatic carboxylic acids is 1. The van der Waals surface area contributed by atoms with Gasteiger partial charge in [-0.3, -0.25) is 0 Å². The highest BCUT2D eigenvalue weighted by atomic mass is 16.5. The van der Waals surface area contributed by atoms with Crippen LogP contribution in [0.2, 0.25) is 0 Å². The van der Waals surface area contributed by atoms with E-state index in [4.69, 9.17) is 4.52 Å². The van der Waals surface area contributed by atoms with Crippen molar-refractivity contribution in [1.29, 1.82) is 0 Å². The predicted octanol–water partition coefficient (Wildman–Crippen LogP) is 8.02. The van der Waals surface area contributed by atoms with Gasteiger partial charge in [0.1, 0.15) is 0 Å². The van der Waals surface area contributed by atoms with Crippen LogP contribution in [0.3, 0.4) is 0 Å². The normalized spacial score (nSPS) is 46.3. The maximum atomic E-state index is 11.5. The van der Waals surface area contributed by atoms with E-state index in [0.29, 0.717) is 42.0 Å². The van der Waals surface area contributed by atoms with Crippen molar-refractivity contribution in [3.8, 4) is 0 Å². The molecule has 4 saturated carbocycles. The number of aliphatic hydroxyl groups is 1. The summed E-state index contributed by atoms with van der Waals surface area (Å²) in [5.74, 6) is 2.46. The van der Waals surface area contributed by atoms with Crippen LogP contribution in [0.4, 0.5) is 0 Å². The van der Waals surface area contributed by atoms with E-state index in [0.717, 1.165) is 24.8 Å². The fourth-order valence-electron chi connectivity index (χ4n) is 12.1. The number of carbonyl (C=O) groups is 1. The molecule has 0 radical (unpaired) electrons. The minimum atomic E-state index is -1.05. The van der Waals surface area contributed by atoms with Crippen molar-refractivity contribution in [1.82, 2.24) is 5.16 Å². The molecule has 1 heterocycles. The van der Waals surface area contributed by atoms with Crippen LogP contribution in [0.5, 0.6) is 0 Å². The first kappa shape index (κ1) is 27.3. The SMILES string of the molecule is C=C(C)[C@@H]1CC[C@]2(CO)CC[C@]3(C)C(CC[C@@H]4[C@@]5(C)CC=C(c6cc(C(=O)O)no6)C(C)(C)[C@@H]5CC[C@]43C)[C@@H]12. The van der Waals surface area contributed by atoms with Gasteiger partial charge in [0.2, 0.25) is 0 Å². The highest BCUT2D eigenvalue weighted by Crippen LogP contribution is 2.77. The van der Waals surface area contributed by atoms with Gasteiger partial charge in [0.15, 0.2) is 11.5 Å². The Morgan fingerprint density at radius 3 is 2.41 bits per heavy atom. The van der Waals surface area contributed by atoms with Crippen molar-refractivity contribution in [3.63, 3.8) is 0 Å². The number of aliphatic hydroxyl groups excluding tert-OH is 1. The predicted molar refractivity (Wildman–Crippen MR) is 153 cm³/mol. The molecule has 1 aromatic heterocycles. The van der Waals surface area contributed by atoms with Gasteiger partial charge in [-0.15, -0.1) is 0 Å². The van der Waals surface area contributed by atoms with Crippen molar-refractivity contribution in [2.24, 2.45) is 56.7 Å². The standard InChI is InChI=1S/C34H49NO4/c1-20(2)21-10-15-34(19-36)17-16-32(6)23(28(21)34)8-9-27-31(5)13-11-22(25-18-24(29(37)38)35-39-25)30(3,4)26(31)12-14-33(27,32)7/h11,18,21,23,26-28,36H,1,8-10,12-17,19H2,2-7H3,(H,37,38)/t21-,23?,26-,27+,28+,31-,32+,33+,34+/m0/s1. The molecule has 6 rings (SSSR count). The summed E-state index contributed by atoms with van der Waals surface area (Å²) in [5, 5.41) is 24.0. The zero-order chi connectivity index (χ0) is 28.2. The Bertz CT molecular complexity index is 1230. The molecular formula is C34H49NO4. The Hall–Kier alpha value is -1.88. The minimum absolute atomic E-state index is 0.0197.